The summed E-state index contributed by atoms with van der Waals surface area (Å²) in [6.45, 7) is 5.43. The molecule has 0 amide bonds. The smallest absolute Gasteiger partial charge is 0.201 e. The van der Waals surface area contributed by atoms with Crippen molar-refractivity contribution in [2.24, 2.45) is 0 Å². The van der Waals surface area contributed by atoms with Crippen molar-refractivity contribution in [2.45, 2.75) is 32.7 Å². The van der Waals surface area contributed by atoms with E-state index >= 15 is 0 Å². The van der Waals surface area contributed by atoms with Crippen molar-refractivity contribution in [3.05, 3.63) is 5.82 Å². The first-order valence-electron chi connectivity index (χ1n) is 3.50. The number of hydrogen-bond donors (Lipinski definition) is 0. The zero-order valence-electron chi connectivity index (χ0n) is 7.12. The number of nitrogens with zero attached hydrogens (tertiary/aromatic N) is 4. The van der Waals surface area contributed by atoms with Crippen LogP contribution in [-0.2, 0) is 5.54 Å². The SMILES string of the molecule is CC(C)(C)n1nnc(C(F)F)n1. The van der Waals surface area contributed by atoms with Gasteiger partial charge in [-0.25, -0.2) is 8.78 Å². The first kappa shape index (κ1) is 9.02. The van der Waals surface area contributed by atoms with E-state index < -0.39 is 17.8 Å². The van der Waals surface area contributed by atoms with Crippen molar-refractivity contribution in [3.63, 3.8) is 0 Å². The molecule has 0 fully saturated rings. The molecule has 4 nitrogen and oxygen atoms in total. The molecule has 0 aliphatic carbocycles. The Hall–Kier alpha value is -1.07. The van der Waals surface area contributed by atoms with E-state index in [9.17, 15) is 8.78 Å². The van der Waals surface area contributed by atoms with E-state index in [1.165, 1.54) is 4.80 Å². The topological polar surface area (TPSA) is 43.6 Å². The second-order valence-electron chi connectivity index (χ2n) is 3.41. The summed E-state index contributed by atoms with van der Waals surface area (Å²) in [5.41, 5.74) is -0.403. The molecule has 1 rings (SSSR count). The van der Waals surface area contributed by atoms with Crippen molar-refractivity contribution in [2.75, 3.05) is 0 Å². The highest BCUT2D eigenvalue weighted by Crippen LogP contribution is 2.15. The maximum absolute atomic E-state index is 12.0. The fraction of sp³-hybridized carbons (Fsp3) is 0.833. The molecule has 12 heavy (non-hydrogen) atoms. The molecule has 1 aromatic heterocycles. The van der Waals surface area contributed by atoms with Gasteiger partial charge in [-0.2, -0.15) is 4.80 Å². The third-order valence-corrected chi connectivity index (χ3v) is 1.22. The van der Waals surface area contributed by atoms with E-state index in [4.69, 9.17) is 0 Å². The van der Waals surface area contributed by atoms with Gasteiger partial charge in [0.2, 0.25) is 5.82 Å². The van der Waals surface area contributed by atoms with Crippen LogP contribution in [0.5, 0.6) is 0 Å². The van der Waals surface area contributed by atoms with Gasteiger partial charge in [0.15, 0.2) is 0 Å². The van der Waals surface area contributed by atoms with Gasteiger partial charge in [0.05, 0.1) is 5.54 Å². The zero-order chi connectivity index (χ0) is 9.35. The summed E-state index contributed by atoms with van der Waals surface area (Å²) in [7, 11) is 0. The molecule has 0 bridgehead atoms. The normalized spacial score (nSPS) is 12.5. The van der Waals surface area contributed by atoms with Crippen LogP contribution in [0.25, 0.3) is 0 Å². The summed E-state index contributed by atoms with van der Waals surface area (Å²) in [6, 6.07) is 0. The summed E-state index contributed by atoms with van der Waals surface area (Å²) in [6.07, 6.45) is -2.65. The van der Waals surface area contributed by atoms with Crippen LogP contribution in [0.15, 0.2) is 0 Å². The Labute approximate surface area is 68.6 Å². The summed E-state index contributed by atoms with van der Waals surface area (Å²) in [5, 5.41) is 10.2. The monoisotopic (exact) mass is 176 g/mol. The Morgan fingerprint density at radius 1 is 1.33 bits per heavy atom. The highest BCUT2D eigenvalue weighted by molar-refractivity contribution is 4.79. The van der Waals surface area contributed by atoms with Gasteiger partial charge in [0.25, 0.3) is 0 Å². The highest BCUT2D eigenvalue weighted by Gasteiger charge is 2.20. The third kappa shape index (κ3) is 1.75. The van der Waals surface area contributed by atoms with E-state index in [1.807, 2.05) is 20.8 Å². The number of alkyl halides is 2. The molecule has 68 valence electrons. The Morgan fingerprint density at radius 2 is 1.92 bits per heavy atom. The van der Waals surface area contributed by atoms with Crippen molar-refractivity contribution in [3.8, 4) is 0 Å². The average Bonchev–Trinajstić information content (AvgIpc) is 2.30. The predicted molar refractivity (Wildman–Crippen MR) is 37.8 cm³/mol. The molecule has 0 aliphatic heterocycles. The molecule has 0 saturated carbocycles. The second kappa shape index (κ2) is 2.76. The van der Waals surface area contributed by atoms with Gasteiger partial charge in [-0.15, -0.1) is 10.2 Å². The molecule has 0 spiro atoms. The number of hydrogen-bond acceptors (Lipinski definition) is 3. The zero-order valence-corrected chi connectivity index (χ0v) is 7.12. The van der Waals surface area contributed by atoms with E-state index in [-0.39, 0.29) is 0 Å². The Balaban J connectivity index is 2.92. The third-order valence-electron chi connectivity index (χ3n) is 1.22. The van der Waals surface area contributed by atoms with E-state index in [1.54, 1.807) is 0 Å². The molecule has 0 N–H and O–H groups in total. The van der Waals surface area contributed by atoms with Crippen LogP contribution < -0.4 is 0 Å². The molecule has 0 aromatic carbocycles. The largest absolute Gasteiger partial charge is 0.301 e. The van der Waals surface area contributed by atoms with Crippen molar-refractivity contribution < 1.29 is 8.78 Å². The summed E-state index contributed by atoms with van der Waals surface area (Å²) >= 11 is 0. The van der Waals surface area contributed by atoms with E-state index in [0.717, 1.165) is 0 Å². The minimum atomic E-state index is -2.65. The molecular formula is C6H10F2N4. The van der Waals surface area contributed by atoms with Gasteiger partial charge in [-0.05, 0) is 26.0 Å². The molecule has 0 saturated heterocycles. The minimum absolute atomic E-state index is 0.403. The molecule has 0 radical (unpaired) electrons. The van der Waals surface area contributed by atoms with Crippen molar-refractivity contribution in [1.29, 1.82) is 0 Å². The Bertz CT molecular complexity index is 263. The first-order valence-corrected chi connectivity index (χ1v) is 3.50. The molecule has 0 unspecified atom stereocenters. The van der Waals surface area contributed by atoms with E-state index in [2.05, 4.69) is 15.4 Å². The summed E-state index contributed by atoms with van der Waals surface area (Å²) < 4.78 is 24.0. The van der Waals surface area contributed by atoms with Crippen molar-refractivity contribution in [1.82, 2.24) is 20.2 Å². The van der Waals surface area contributed by atoms with Gasteiger partial charge in [-0.1, -0.05) is 0 Å². The second-order valence-corrected chi connectivity index (χ2v) is 3.41. The average molecular weight is 176 g/mol. The van der Waals surface area contributed by atoms with Crippen LogP contribution >= 0.6 is 0 Å². The van der Waals surface area contributed by atoms with Crippen LogP contribution in [0.4, 0.5) is 8.78 Å². The lowest BCUT2D eigenvalue weighted by atomic mass is 10.1. The fourth-order valence-corrected chi connectivity index (χ4v) is 0.597. The molecule has 0 atom stereocenters. The van der Waals surface area contributed by atoms with Crippen molar-refractivity contribution >= 4 is 0 Å². The van der Waals surface area contributed by atoms with Crippen LogP contribution in [0, 0.1) is 0 Å². The quantitative estimate of drug-likeness (QED) is 0.649. The van der Waals surface area contributed by atoms with Crippen LogP contribution in [0.3, 0.4) is 0 Å². The predicted octanol–water partition coefficient (Wildman–Crippen LogP) is 1.37. The highest BCUT2D eigenvalue weighted by atomic mass is 19.3. The molecule has 6 heteroatoms. The maximum Gasteiger partial charge on any atom is 0.301 e. The molecule has 1 aromatic rings. The minimum Gasteiger partial charge on any atom is -0.201 e. The van der Waals surface area contributed by atoms with Gasteiger partial charge in [-0.3, -0.25) is 0 Å². The van der Waals surface area contributed by atoms with E-state index in [0.29, 0.717) is 0 Å². The molecule has 1 heterocycles. The summed E-state index contributed by atoms with van der Waals surface area (Å²) in [5.74, 6) is -0.523. The molecular weight excluding hydrogens is 166 g/mol. The number of rotatable bonds is 1. The van der Waals surface area contributed by atoms with Crippen LogP contribution in [-0.4, -0.2) is 20.2 Å². The van der Waals surface area contributed by atoms with Gasteiger partial charge in [0.1, 0.15) is 0 Å². The Morgan fingerprint density at radius 3 is 2.17 bits per heavy atom. The number of aromatic nitrogens is 4. The standard InChI is InChI=1S/C6H10F2N4/c1-6(2,3)12-10-5(4(7)8)9-11-12/h4H,1-3H3. The molecule has 0 aliphatic rings. The van der Waals surface area contributed by atoms with Gasteiger partial charge >= 0.3 is 6.43 Å². The van der Waals surface area contributed by atoms with Crippen LogP contribution in [0.1, 0.15) is 33.0 Å². The number of halogens is 2. The fourth-order valence-electron chi connectivity index (χ4n) is 0.597. The Kier molecular flexibility index (Phi) is 2.08. The lowest BCUT2D eigenvalue weighted by Crippen LogP contribution is -2.24. The lowest BCUT2D eigenvalue weighted by Gasteiger charge is -2.15. The lowest BCUT2D eigenvalue weighted by molar-refractivity contribution is 0.139. The number of tetrazole rings is 1. The first-order chi connectivity index (χ1) is 5.41. The van der Waals surface area contributed by atoms with Gasteiger partial charge < -0.3 is 0 Å². The summed E-state index contributed by atoms with van der Waals surface area (Å²) in [4.78, 5) is 1.18. The van der Waals surface area contributed by atoms with Crippen LogP contribution in [0.2, 0.25) is 0 Å². The maximum atomic E-state index is 12.0. The van der Waals surface area contributed by atoms with Gasteiger partial charge in [0, 0.05) is 0 Å².